The van der Waals surface area contributed by atoms with Gasteiger partial charge < -0.3 is 9.88 Å². The minimum absolute atomic E-state index is 0.136. The highest BCUT2D eigenvalue weighted by Gasteiger charge is 2.16. The molecule has 0 aliphatic rings. The summed E-state index contributed by atoms with van der Waals surface area (Å²) >= 11 is 0. The van der Waals surface area contributed by atoms with Gasteiger partial charge in [-0.2, -0.15) is 5.10 Å². The van der Waals surface area contributed by atoms with E-state index in [0.717, 1.165) is 5.69 Å². The Morgan fingerprint density at radius 2 is 1.93 bits per heavy atom. The number of benzene rings is 2. The molecule has 2 heterocycles. The Morgan fingerprint density at radius 3 is 2.64 bits per heavy atom. The normalized spacial score (nSPS) is 10.9. The second-order valence-electron chi connectivity index (χ2n) is 6.24. The van der Waals surface area contributed by atoms with E-state index in [2.05, 4.69) is 20.1 Å². The Labute approximate surface area is 160 Å². The van der Waals surface area contributed by atoms with Gasteiger partial charge in [-0.15, -0.1) is 0 Å². The number of H-pyrrole nitrogens is 1. The third-order valence-electron chi connectivity index (χ3n) is 4.47. The van der Waals surface area contributed by atoms with E-state index < -0.39 is 0 Å². The Balaban J connectivity index is 1.57. The molecule has 0 saturated heterocycles. The Morgan fingerprint density at radius 1 is 1.14 bits per heavy atom. The quantitative estimate of drug-likeness (QED) is 0.577. The van der Waals surface area contributed by atoms with Crippen LogP contribution in [0, 0.1) is 0 Å². The minimum Gasteiger partial charge on any atom is -0.331 e. The van der Waals surface area contributed by atoms with Crippen molar-refractivity contribution in [3.05, 3.63) is 82.9 Å². The number of rotatable bonds is 5. The third kappa shape index (κ3) is 3.39. The summed E-state index contributed by atoms with van der Waals surface area (Å²) in [5.74, 6) is 0.321. The third-order valence-corrected chi connectivity index (χ3v) is 4.47. The summed E-state index contributed by atoms with van der Waals surface area (Å²) < 4.78 is 1.62. The van der Waals surface area contributed by atoms with E-state index in [9.17, 15) is 9.59 Å². The maximum Gasteiger partial charge on any atom is 0.258 e. The predicted molar refractivity (Wildman–Crippen MR) is 104 cm³/mol. The monoisotopic (exact) mass is 374 g/mol. The summed E-state index contributed by atoms with van der Waals surface area (Å²) in [6, 6.07) is 14.3. The van der Waals surface area contributed by atoms with E-state index >= 15 is 0 Å². The fourth-order valence-electron chi connectivity index (χ4n) is 3.00. The van der Waals surface area contributed by atoms with Crippen molar-refractivity contribution in [2.45, 2.75) is 13.5 Å². The fourth-order valence-corrected chi connectivity index (χ4v) is 3.00. The lowest BCUT2D eigenvalue weighted by Crippen LogP contribution is -2.32. The van der Waals surface area contributed by atoms with Crippen molar-refractivity contribution >= 4 is 16.8 Å². The molecule has 0 aliphatic carbocycles. The van der Waals surface area contributed by atoms with Gasteiger partial charge in [-0.25, -0.2) is 14.6 Å². The highest BCUT2D eigenvalue weighted by molar-refractivity contribution is 5.94. The van der Waals surface area contributed by atoms with Crippen molar-refractivity contribution in [3.8, 4) is 5.69 Å². The summed E-state index contributed by atoms with van der Waals surface area (Å²) in [4.78, 5) is 37.9. The van der Waals surface area contributed by atoms with Gasteiger partial charge in [-0.1, -0.05) is 12.1 Å². The van der Waals surface area contributed by atoms with E-state index in [1.165, 1.54) is 6.33 Å². The van der Waals surface area contributed by atoms with Crippen LogP contribution in [0.4, 0.5) is 0 Å². The van der Waals surface area contributed by atoms with Gasteiger partial charge in [-0.05, 0) is 43.3 Å². The second-order valence-corrected chi connectivity index (χ2v) is 6.24. The van der Waals surface area contributed by atoms with Crippen molar-refractivity contribution < 1.29 is 4.79 Å². The topological polar surface area (TPSA) is 96.8 Å². The van der Waals surface area contributed by atoms with Crippen molar-refractivity contribution in [2.75, 3.05) is 6.54 Å². The highest BCUT2D eigenvalue weighted by atomic mass is 16.2. The zero-order valence-electron chi connectivity index (χ0n) is 15.2. The number of para-hydroxylation sites is 1. The molecule has 0 atom stereocenters. The largest absolute Gasteiger partial charge is 0.331 e. The van der Waals surface area contributed by atoms with Gasteiger partial charge in [0.2, 0.25) is 0 Å². The fraction of sp³-hybridized carbons (Fsp3) is 0.150. The van der Waals surface area contributed by atoms with Gasteiger partial charge in [0.25, 0.3) is 11.5 Å². The number of nitrogens with zero attached hydrogens (tertiary/aromatic N) is 5. The number of nitrogens with one attached hydrogen (secondary N) is 1. The van der Waals surface area contributed by atoms with Crippen molar-refractivity contribution in [1.29, 1.82) is 0 Å². The van der Waals surface area contributed by atoms with E-state index in [1.807, 2.05) is 25.1 Å². The van der Waals surface area contributed by atoms with Gasteiger partial charge >= 0.3 is 0 Å². The molecule has 1 amide bonds. The molecule has 8 heteroatoms. The molecule has 0 spiro atoms. The molecule has 0 fully saturated rings. The molecule has 0 radical (unpaired) electrons. The van der Waals surface area contributed by atoms with Gasteiger partial charge in [0, 0.05) is 12.1 Å². The van der Waals surface area contributed by atoms with Crippen LogP contribution in [0.5, 0.6) is 0 Å². The average molecular weight is 374 g/mol. The Kier molecular flexibility index (Phi) is 4.67. The lowest BCUT2D eigenvalue weighted by molar-refractivity contribution is 0.0748. The van der Waals surface area contributed by atoms with Crippen LogP contribution in [-0.4, -0.2) is 42.1 Å². The van der Waals surface area contributed by atoms with Crippen molar-refractivity contribution in [1.82, 2.24) is 29.6 Å². The van der Waals surface area contributed by atoms with Crippen LogP contribution in [0.3, 0.4) is 0 Å². The molecular formula is C20H18N6O2. The first-order valence-corrected chi connectivity index (χ1v) is 8.88. The first-order valence-electron chi connectivity index (χ1n) is 8.88. The van der Waals surface area contributed by atoms with Crippen molar-refractivity contribution in [2.24, 2.45) is 0 Å². The molecule has 4 aromatic rings. The van der Waals surface area contributed by atoms with E-state index in [0.29, 0.717) is 28.8 Å². The zero-order chi connectivity index (χ0) is 19.5. The van der Waals surface area contributed by atoms with Crippen LogP contribution in [0.15, 0.2) is 66.0 Å². The van der Waals surface area contributed by atoms with Gasteiger partial charge in [0.15, 0.2) is 0 Å². The molecule has 0 bridgehead atoms. The summed E-state index contributed by atoms with van der Waals surface area (Å²) in [6.45, 7) is 2.60. The van der Waals surface area contributed by atoms with Crippen LogP contribution in [0.1, 0.15) is 23.1 Å². The van der Waals surface area contributed by atoms with Crippen molar-refractivity contribution in [3.63, 3.8) is 0 Å². The molecule has 8 nitrogen and oxygen atoms in total. The first kappa shape index (κ1) is 17.6. The Bertz CT molecular complexity index is 1170. The molecule has 140 valence electrons. The maximum atomic E-state index is 12.9. The standard InChI is InChI=1S/C20H18N6O2/c1-2-25(11-18-23-17-6-4-3-5-16(17)19(27)24-18)20(28)14-7-9-15(10-8-14)26-13-21-12-22-26/h3-10,12-13H,2,11H2,1H3,(H,23,24,27). The lowest BCUT2D eigenvalue weighted by Gasteiger charge is -2.20. The van der Waals surface area contributed by atoms with E-state index in [-0.39, 0.29) is 18.0 Å². The predicted octanol–water partition coefficient (Wildman–Crippen LogP) is 2.17. The molecule has 4 rings (SSSR count). The smallest absolute Gasteiger partial charge is 0.258 e. The van der Waals surface area contributed by atoms with Crippen LogP contribution in [0.2, 0.25) is 0 Å². The van der Waals surface area contributed by atoms with E-state index in [4.69, 9.17) is 0 Å². The molecule has 0 saturated carbocycles. The number of aromatic amines is 1. The average Bonchev–Trinajstić information content (AvgIpc) is 3.27. The number of aromatic nitrogens is 5. The molecule has 0 aliphatic heterocycles. The lowest BCUT2D eigenvalue weighted by atomic mass is 10.1. The summed E-state index contributed by atoms with van der Waals surface area (Å²) in [7, 11) is 0. The molecule has 28 heavy (non-hydrogen) atoms. The minimum atomic E-state index is -0.207. The SMILES string of the molecule is CCN(Cc1nc2ccccc2c(=O)[nH]1)C(=O)c1ccc(-n2cncn2)cc1. The number of hydrogen-bond acceptors (Lipinski definition) is 5. The van der Waals surface area contributed by atoms with Crippen LogP contribution in [0.25, 0.3) is 16.6 Å². The number of amides is 1. The van der Waals surface area contributed by atoms with E-state index in [1.54, 1.807) is 46.2 Å². The molecule has 2 aromatic heterocycles. The number of hydrogen-bond donors (Lipinski definition) is 1. The number of carbonyl (C=O) groups is 1. The van der Waals surface area contributed by atoms with Crippen LogP contribution < -0.4 is 5.56 Å². The number of carbonyl (C=O) groups excluding carboxylic acids is 1. The van der Waals surface area contributed by atoms with Gasteiger partial charge in [-0.3, -0.25) is 9.59 Å². The zero-order valence-corrected chi connectivity index (χ0v) is 15.2. The first-order chi connectivity index (χ1) is 13.7. The molecule has 1 N–H and O–H groups in total. The molecule has 2 aromatic carbocycles. The van der Waals surface area contributed by atoms with Gasteiger partial charge in [0.1, 0.15) is 18.5 Å². The maximum absolute atomic E-state index is 12.9. The molecule has 0 unspecified atom stereocenters. The number of fused-ring (bicyclic) bond motifs is 1. The summed E-state index contributed by atoms with van der Waals surface area (Å²) in [5.41, 5.74) is 1.77. The van der Waals surface area contributed by atoms with Crippen LogP contribution in [-0.2, 0) is 6.54 Å². The highest BCUT2D eigenvalue weighted by Crippen LogP contribution is 2.13. The molecular weight excluding hydrogens is 356 g/mol. The van der Waals surface area contributed by atoms with Gasteiger partial charge in [0.05, 0.1) is 23.1 Å². The second kappa shape index (κ2) is 7.43. The summed E-state index contributed by atoms with van der Waals surface area (Å²) in [6.07, 6.45) is 3.05. The summed E-state index contributed by atoms with van der Waals surface area (Å²) in [5, 5.41) is 4.60. The Hall–Kier alpha value is -3.81. The van der Waals surface area contributed by atoms with Crippen LogP contribution >= 0.6 is 0 Å².